The molecule has 48 heavy (non-hydrogen) atoms. The number of imidazole rings is 1. The van der Waals surface area contributed by atoms with Crippen molar-refractivity contribution in [2.75, 3.05) is 56.6 Å². The van der Waals surface area contributed by atoms with E-state index in [4.69, 9.17) is 9.97 Å². The van der Waals surface area contributed by atoms with Crippen molar-refractivity contribution in [3.8, 4) is 28.5 Å². The molecule has 14 heteroatoms. The van der Waals surface area contributed by atoms with Gasteiger partial charge in [-0.15, -0.1) is 0 Å². The van der Waals surface area contributed by atoms with E-state index in [1.54, 1.807) is 12.1 Å². The molecule has 4 aromatic heterocycles. The summed E-state index contributed by atoms with van der Waals surface area (Å²) in [6.07, 6.45) is 6.35. The summed E-state index contributed by atoms with van der Waals surface area (Å²) in [5, 5.41) is 20.4. The Morgan fingerprint density at radius 1 is 1.06 bits per heavy atom. The van der Waals surface area contributed by atoms with Crippen LogP contribution in [0.4, 0.5) is 21.3 Å². The summed E-state index contributed by atoms with van der Waals surface area (Å²) < 4.78 is 15.6. The van der Waals surface area contributed by atoms with Gasteiger partial charge in [-0.05, 0) is 56.3 Å². The summed E-state index contributed by atoms with van der Waals surface area (Å²) in [6.45, 7) is 5.00. The van der Waals surface area contributed by atoms with Crippen LogP contribution in [0, 0.1) is 17.1 Å². The molecule has 0 radical (unpaired) electrons. The first-order valence-corrected chi connectivity index (χ1v) is 16.7. The maximum atomic E-state index is 13.6. The third-order valence-electron chi connectivity index (χ3n) is 9.09. The number of thiazole rings is 1. The summed E-state index contributed by atoms with van der Waals surface area (Å²) in [4.78, 5) is 40.4. The molecule has 2 aliphatic rings. The van der Waals surface area contributed by atoms with E-state index in [0.29, 0.717) is 72.8 Å². The lowest BCUT2D eigenvalue weighted by atomic mass is 10.1. The fourth-order valence-corrected chi connectivity index (χ4v) is 7.35. The van der Waals surface area contributed by atoms with Crippen molar-refractivity contribution in [3.63, 3.8) is 0 Å². The molecular formula is C34H35FN10O2S. The van der Waals surface area contributed by atoms with E-state index in [2.05, 4.69) is 20.9 Å². The van der Waals surface area contributed by atoms with E-state index in [9.17, 15) is 19.6 Å². The molecule has 0 saturated carbocycles. The number of nitrogens with zero attached hydrogens (tertiary/aromatic N) is 10. The van der Waals surface area contributed by atoms with Crippen LogP contribution in [-0.4, -0.2) is 104 Å². The molecular weight excluding hydrogens is 632 g/mol. The summed E-state index contributed by atoms with van der Waals surface area (Å²) in [5.74, 6) is 1.18. The van der Waals surface area contributed by atoms with Crippen molar-refractivity contribution in [3.05, 3.63) is 71.4 Å². The Hall–Kier alpha value is -4.97. The first-order chi connectivity index (χ1) is 23.2. The van der Waals surface area contributed by atoms with Crippen LogP contribution >= 0.6 is 11.3 Å². The van der Waals surface area contributed by atoms with Crippen molar-refractivity contribution >= 4 is 39.8 Å². The zero-order valence-electron chi connectivity index (χ0n) is 26.9. The van der Waals surface area contributed by atoms with E-state index >= 15 is 0 Å². The SMILES string of the molecule is CCc1nc2ccc(-c3cnc(N4CCN(C(=O)[C@@H]5C[C@@H](O)CN5C)CC4)nc3)cn2c1N(C)c1nc(-c2ccc(F)cc2)c(C#N)s1. The lowest BCUT2D eigenvalue weighted by Gasteiger charge is -2.36. The van der Waals surface area contributed by atoms with Gasteiger partial charge < -0.3 is 19.8 Å². The Morgan fingerprint density at radius 2 is 1.77 bits per heavy atom. The number of benzene rings is 1. The number of carbonyl (C=O) groups excluding carboxylic acids is 1. The van der Waals surface area contributed by atoms with Crippen molar-refractivity contribution < 1.29 is 14.3 Å². The summed E-state index contributed by atoms with van der Waals surface area (Å²) in [6, 6.07) is 11.9. The first kappa shape index (κ1) is 31.6. The number of halogens is 1. The maximum absolute atomic E-state index is 13.6. The highest BCUT2D eigenvalue weighted by Crippen LogP contribution is 2.37. The van der Waals surface area contributed by atoms with Gasteiger partial charge in [0.05, 0.1) is 17.8 Å². The highest BCUT2D eigenvalue weighted by atomic mass is 32.1. The molecule has 0 spiro atoms. The lowest BCUT2D eigenvalue weighted by molar-refractivity contribution is -0.135. The number of aliphatic hydroxyl groups excluding tert-OH is 1. The van der Waals surface area contributed by atoms with Gasteiger partial charge in [0.15, 0.2) is 5.13 Å². The smallest absolute Gasteiger partial charge is 0.240 e. The normalized spacial score (nSPS) is 18.4. The molecule has 1 N–H and O–H groups in total. The van der Waals surface area contributed by atoms with Gasteiger partial charge >= 0.3 is 0 Å². The number of pyridine rings is 1. The molecule has 5 aromatic rings. The number of likely N-dealkylation sites (N-methyl/N-ethyl adjacent to an activating group) is 1. The minimum Gasteiger partial charge on any atom is -0.392 e. The second-order valence-electron chi connectivity index (χ2n) is 12.2. The van der Waals surface area contributed by atoms with Crippen LogP contribution < -0.4 is 9.80 Å². The van der Waals surface area contributed by atoms with Crippen molar-refractivity contribution in [2.24, 2.45) is 0 Å². The zero-order valence-corrected chi connectivity index (χ0v) is 27.7. The number of nitriles is 1. The number of amides is 1. The molecule has 0 bridgehead atoms. The monoisotopic (exact) mass is 666 g/mol. The van der Waals surface area contributed by atoms with Gasteiger partial charge in [-0.1, -0.05) is 18.3 Å². The number of β-amino-alcohol motifs (C(OH)–C–C–N with tert-alkyl or cyclic N) is 1. The second-order valence-corrected chi connectivity index (χ2v) is 13.1. The van der Waals surface area contributed by atoms with E-state index in [0.717, 1.165) is 28.3 Å². The van der Waals surface area contributed by atoms with Gasteiger partial charge in [0, 0.05) is 75.1 Å². The minimum atomic E-state index is -0.453. The number of carbonyl (C=O) groups is 1. The molecule has 12 nitrogen and oxygen atoms in total. The van der Waals surface area contributed by atoms with Crippen molar-refractivity contribution in [2.45, 2.75) is 31.9 Å². The topological polar surface area (TPSA) is 130 Å². The molecule has 0 aliphatic carbocycles. The molecule has 2 fully saturated rings. The van der Waals surface area contributed by atoms with Crippen molar-refractivity contribution in [1.29, 1.82) is 5.26 Å². The third kappa shape index (κ3) is 5.85. The fourth-order valence-electron chi connectivity index (χ4n) is 6.50. The molecule has 0 unspecified atom stereocenters. The molecule has 2 aliphatic heterocycles. The van der Waals surface area contributed by atoms with Gasteiger partial charge in [0.2, 0.25) is 11.9 Å². The minimum absolute atomic E-state index is 0.0739. The Bertz CT molecular complexity index is 2000. The Labute approximate surface area is 281 Å². The number of fused-ring (bicyclic) bond motifs is 1. The maximum Gasteiger partial charge on any atom is 0.240 e. The van der Waals surface area contributed by atoms with Crippen LogP contribution in [0.1, 0.15) is 23.9 Å². The molecule has 246 valence electrons. The average molecular weight is 667 g/mol. The summed E-state index contributed by atoms with van der Waals surface area (Å²) >= 11 is 1.28. The lowest BCUT2D eigenvalue weighted by Crippen LogP contribution is -2.53. The first-order valence-electron chi connectivity index (χ1n) is 15.9. The average Bonchev–Trinajstić information content (AvgIpc) is 3.82. The van der Waals surface area contributed by atoms with Crippen LogP contribution in [0.3, 0.4) is 0 Å². The van der Waals surface area contributed by atoms with Crippen LogP contribution in [0.5, 0.6) is 0 Å². The number of anilines is 3. The number of aryl methyl sites for hydroxylation is 1. The molecule has 6 heterocycles. The fraction of sp³-hybridized carbons (Fsp3) is 0.353. The third-order valence-corrected chi connectivity index (χ3v) is 10.1. The standard InChI is InChI=1S/C34H35FN10O2S/c1-4-26-31(42(3)34-40-30(28(16-36)48-34)21-5-8-24(35)9-6-21)45-19-22(7-10-29(45)39-26)23-17-37-33(38-18-23)44-13-11-43(12-14-44)32(47)27-15-25(46)20-41(27)2/h5-10,17-19,25,27,46H,4,11-15,20H2,1-3H3/t25-,27+/m1/s1. The van der Waals surface area contributed by atoms with Crippen LogP contribution in [-0.2, 0) is 11.2 Å². The number of hydrogen-bond acceptors (Lipinski definition) is 11. The van der Waals surface area contributed by atoms with E-state index in [1.165, 1.54) is 23.5 Å². The van der Waals surface area contributed by atoms with Gasteiger partial charge in [-0.2, -0.15) is 5.26 Å². The van der Waals surface area contributed by atoms with E-state index in [-0.39, 0.29) is 17.8 Å². The molecule has 2 saturated heterocycles. The van der Waals surface area contributed by atoms with Crippen LogP contribution in [0.15, 0.2) is 55.0 Å². The number of piperazine rings is 1. The number of aromatic nitrogens is 5. The van der Waals surface area contributed by atoms with Crippen LogP contribution in [0.25, 0.3) is 28.0 Å². The number of rotatable bonds is 7. The zero-order chi connectivity index (χ0) is 33.5. The van der Waals surface area contributed by atoms with Crippen molar-refractivity contribution in [1.82, 2.24) is 34.1 Å². The molecule has 7 rings (SSSR count). The van der Waals surface area contributed by atoms with Gasteiger partial charge in [0.25, 0.3) is 0 Å². The molecule has 2 atom stereocenters. The Kier molecular flexibility index (Phi) is 8.50. The van der Waals surface area contributed by atoms with E-state index in [1.807, 2.05) is 70.8 Å². The molecule has 1 amide bonds. The van der Waals surface area contributed by atoms with E-state index < -0.39 is 6.10 Å². The van der Waals surface area contributed by atoms with Gasteiger partial charge in [0.1, 0.15) is 33.9 Å². The molecule has 1 aromatic carbocycles. The number of aliphatic hydroxyl groups is 1. The highest BCUT2D eigenvalue weighted by Gasteiger charge is 2.37. The number of likely N-dealkylation sites (tertiary alicyclic amines) is 1. The number of hydrogen-bond donors (Lipinski definition) is 1. The largest absolute Gasteiger partial charge is 0.392 e. The Morgan fingerprint density at radius 3 is 2.42 bits per heavy atom. The predicted octanol–water partition coefficient (Wildman–Crippen LogP) is 3.97. The summed E-state index contributed by atoms with van der Waals surface area (Å²) in [7, 11) is 3.79. The van der Waals surface area contributed by atoms with Crippen LogP contribution in [0.2, 0.25) is 0 Å². The Balaban J connectivity index is 1.10. The predicted molar refractivity (Wildman–Crippen MR) is 182 cm³/mol. The summed E-state index contributed by atoms with van der Waals surface area (Å²) in [5.41, 5.74) is 4.60. The quantitative estimate of drug-likeness (QED) is 0.272. The highest BCUT2D eigenvalue weighted by molar-refractivity contribution is 7.16. The second kappa shape index (κ2) is 12.9. The van der Waals surface area contributed by atoms with Gasteiger partial charge in [-0.3, -0.25) is 14.1 Å². The van der Waals surface area contributed by atoms with Gasteiger partial charge in [-0.25, -0.2) is 24.3 Å².